The van der Waals surface area contributed by atoms with Crippen molar-refractivity contribution >= 4 is 22.6 Å². The van der Waals surface area contributed by atoms with Crippen LogP contribution in [0.15, 0.2) is 12.3 Å². The molecule has 0 saturated carbocycles. The van der Waals surface area contributed by atoms with Gasteiger partial charge in [0, 0.05) is 8.99 Å². The van der Waals surface area contributed by atoms with Crippen molar-refractivity contribution in [1.82, 2.24) is 10.2 Å². The van der Waals surface area contributed by atoms with Crippen LogP contribution in [0.1, 0.15) is 26.5 Å². The van der Waals surface area contributed by atoms with Gasteiger partial charge in [-0.15, -0.1) is 0 Å². The van der Waals surface area contributed by atoms with Gasteiger partial charge in [-0.1, -0.05) is 20.8 Å². The Hall–Kier alpha value is -0.190. The van der Waals surface area contributed by atoms with E-state index >= 15 is 0 Å². The van der Waals surface area contributed by atoms with Gasteiger partial charge in [0.05, 0.1) is 11.9 Å². The number of aromatic nitrogens is 2. The van der Waals surface area contributed by atoms with Crippen LogP contribution < -0.4 is 0 Å². The van der Waals surface area contributed by atoms with Crippen molar-refractivity contribution in [3.63, 3.8) is 0 Å². The van der Waals surface area contributed by atoms with Gasteiger partial charge in [0.2, 0.25) is 0 Å². The molecule has 0 unspecified atom stereocenters. The van der Waals surface area contributed by atoms with Crippen LogP contribution in [0.3, 0.4) is 0 Å². The maximum absolute atomic E-state index is 4.06. The second kappa shape index (κ2) is 3.05. The van der Waals surface area contributed by atoms with E-state index in [0.717, 1.165) is 9.26 Å². The fraction of sp³-hybridized carbons (Fsp3) is 0.500. The van der Waals surface area contributed by atoms with E-state index in [9.17, 15) is 0 Å². The molecule has 0 spiro atoms. The maximum atomic E-state index is 4.06. The molecule has 0 amide bonds. The molecule has 1 aromatic rings. The summed E-state index contributed by atoms with van der Waals surface area (Å²) in [5.74, 6) is 0. The summed E-state index contributed by atoms with van der Waals surface area (Å²) in [6.07, 6.45) is 1.76. The fourth-order valence-electron chi connectivity index (χ4n) is 0.709. The van der Waals surface area contributed by atoms with Crippen molar-refractivity contribution in [1.29, 1.82) is 0 Å². The molecule has 2 nitrogen and oxygen atoms in total. The number of nitrogens with zero attached hydrogens (tertiary/aromatic N) is 2. The topological polar surface area (TPSA) is 25.8 Å². The molecule has 0 atom stereocenters. The zero-order valence-corrected chi connectivity index (χ0v) is 9.08. The van der Waals surface area contributed by atoms with E-state index in [-0.39, 0.29) is 5.41 Å². The lowest BCUT2D eigenvalue weighted by Crippen LogP contribution is -2.14. The summed E-state index contributed by atoms with van der Waals surface area (Å²) in [7, 11) is 0. The van der Waals surface area contributed by atoms with Crippen LogP contribution in [0.5, 0.6) is 0 Å². The van der Waals surface area contributed by atoms with Crippen LogP contribution in [-0.2, 0) is 5.41 Å². The molecule has 60 valence electrons. The summed E-state index contributed by atoms with van der Waals surface area (Å²) in [5, 5.41) is 7.95. The van der Waals surface area contributed by atoms with Gasteiger partial charge in [-0.2, -0.15) is 10.2 Å². The highest BCUT2D eigenvalue weighted by molar-refractivity contribution is 14.1. The van der Waals surface area contributed by atoms with Gasteiger partial charge in [0.15, 0.2) is 0 Å². The smallest absolute Gasteiger partial charge is 0.0695 e. The summed E-state index contributed by atoms with van der Waals surface area (Å²) in [5.41, 5.74) is 1.15. The Kier molecular flexibility index (Phi) is 2.47. The Bertz CT molecular complexity index is 253. The van der Waals surface area contributed by atoms with E-state index < -0.39 is 0 Å². The summed E-state index contributed by atoms with van der Waals surface area (Å²) in [4.78, 5) is 0. The number of rotatable bonds is 0. The van der Waals surface area contributed by atoms with Crippen LogP contribution >= 0.6 is 22.6 Å². The summed E-state index contributed by atoms with van der Waals surface area (Å²) in [6, 6.07) is 2.06. The summed E-state index contributed by atoms with van der Waals surface area (Å²) in [6.45, 7) is 6.40. The molecule has 0 aliphatic carbocycles. The number of hydrogen-bond donors (Lipinski definition) is 0. The third kappa shape index (κ3) is 2.39. The Labute approximate surface area is 80.6 Å². The molecule has 0 N–H and O–H groups in total. The Balaban J connectivity index is 3.06. The van der Waals surface area contributed by atoms with E-state index in [0.29, 0.717) is 0 Å². The predicted octanol–water partition coefficient (Wildman–Crippen LogP) is 2.38. The standard InChI is InChI=1S/C8H11IN2/c1-8(2,3)7-4-6(9)5-10-11-7/h4-5H,1-3H3. The highest BCUT2D eigenvalue weighted by atomic mass is 127. The fourth-order valence-corrected chi connectivity index (χ4v) is 1.13. The lowest BCUT2D eigenvalue weighted by Gasteiger charge is -2.16. The SMILES string of the molecule is CC(C)(C)c1cc(I)cnn1. The van der Waals surface area contributed by atoms with Crippen molar-refractivity contribution in [2.75, 3.05) is 0 Å². The van der Waals surface area contributed by atoms with E-state index in [4.69, 9.17) is 0 Å². The molecule has 1 rings (SSSR count). The normalized spacial score (nSPS) is 11.6. The zero-order valence-electron chi connectivity index (χ0n) is 6.93. The third-order valence-electron chi connectivity index (χ3n) is 1.39. The molecule has 0 aromatic carbocycles. The minimum atomic E-state index is 0.105. The molecule has 1 heterocycles. The van der Waals surface area contributed by atoms with Crippen LogP contribution in [-0.4, -0.2) is 10.2 Å². The Morgan fingerprint density at radius 2 is 2.00 bits per heavy atom. The van der Waals surface area contributed by atoms with Gasteiger partial charge >= 0.3 is 0 Å². The Morgan fingerprint density at radius 1 is 1.36 bits per heavy atom. The van der Waals surface area contributed by atoms with Crippen LogP contribution in [0.4, 0.5) is 0 Å². The maximum Gasteiger partial charge on any atom is 0.0695 e. The highest BCUT2D eigenvalue weighted by Gasteiger charge is 2.15. The van der Waals surface area contributed by atoms with Gasteiger partial charge in [0.25, 0.3) is 0 Å². The molecule has 0 radical (unpaired) electrons. The minimum absolute atomic E-state index is 0.105. The molecule has 0 fully saturated rings. The van der Waals surface area contributed by atoms with Crippen molar-refractivity contribution in [3.8, 4) is 0 Å². The average molecular weight is 262 g/mol. The third-order valence-corrected chi connectivity index (χ3v) is 1.98. The molecule has 0 saturated heterocycles. The van der Waals surface area contributed by atoms with E-state index in [1.807, 2.05) is 0 Å². The van der Waals surface area contributed by atoms with Crippen LogP contribution in [0.2, 0.25) is 0 Å². The highest BCUT2D eigenvalue weighted by Crippen LogP contribution is 2.19. The van der Waals surface area contributed by atoms with Crippen molar-refractivity contribution < 1.29 is 0 Å². The van der Waals surface area contributed by atoms with E-state index in [1.165, 1.54) is 0 Å². The predicted molar refractivity (Wildman–Crippen MR) is 53.4 cm³/mol. The summed E-state index contributed by atoms with van der Waals surface area (Å²) >= 11 is 2.24. The first kappa shape index (κ1) is 8.90. The zero-order chi connectivity index (χ0) is 8.48. The largest absolute Gasteiger partial charge is 0.158 e. The van der Waals surface area contributed by atoms with Gasteiger partial charge in [-0.3, -0.25) is 0 Å². The molecule has 3 heteroatoms. The first-order valence-corrected chi connectivity index (χ1v) is 4.57. The van der Waals surface area contributed by atoms with E-state index in [1.54, 1.807) is 6.20 Å². The first-order valence-electron chi connectivity index (χ1n) is 3.49. The van der Waals surface area contributed by atoms with Crippen LogP contribution in [0, 0.1) is 3.57 Å². The average Bonchev–Trinajstić information content (AvgIpc) is 1.86. The lowest BCUT2D eigenvalue weighted by molar-refractivity contribution is 0.557. The van der Waals surface area contributed by atoms with Gasteiger partial charge in [-0.05, 0) is 28.7 Å². The molecule has 0 bridgehead atoms. The summed E-state index contributed by atoms with van der Waals surface area (Å²) < 4.78 is 1.14. The monoisotopic (exact) mass is 262 g/mol. The van der Waals surface area contributed by atoms with E-state index in [2.05, 4.69) is 59.6 Å². The molecule has 0 aliphatic heterocycles. The molecule has 1 aromatic heterocycles. The van der Waals surface area contributed by atoms with Crippen molar-refractivity contribution in [2.24, 2.45) is 0 Å². The lowest BCUT2D eigenvalue weighted by atomic mass is 9.92. The molecule has 11 heavy (non-hydrogen) atoms. The van der Waals surface area contributed by atoms with Crippen molar-refractivity contribution in [2.45, 2.75) is 26.2 Å². The van der Waals surface area contributed by atoms with Crippen LogP contribution in [0.25, 0.3) is 0 Å². The Morgan fingerprint density at radius 3 is 2.36 bits per heavy atom. The second-order valence-corrected chi connectivity index (χ2v) is 4.75. The molecular weight excluding hydrogens is 251 g/mol. The minimum Gasteiger partial charge on any atom is -0.158 e. The molecule has 0 aliphatic rings. The van der Waals surface area contributed by atoms with Gasteiger partial charge in [0.1, 0.15) is 0 Å². The first-order chi connectivity index (χ1) is 5.00. The number of hydrogen-bond acceptors (Lipinski definition) is 2. The quantitative estimate of drug-likeness (QED) is 0.671. The number of halogens is 1. The van der Waals surface area contributed by atoms with Gasteiger partial charge < -0.3 is 0 Å². The van der Waals surface area contributed by atoms with Crippen molar-refractivity contribution in [3.05, 3.63) is 21.5 Å². The second-order valence-electron chi connectivity index (χ2n) is 3.51. The van der Waals surface area contributed by atoms with Gasteiger partial charge in [-0.25, -0.2) is 0 Å². The molecular formula is C8H11IN2.